The van der Waals surface area contributed by atoms with Crippen LogP contribution >= 0.6 is 11.5 Å². The van der Waals surface area contributed by atoms with Gasteiger partial charge in [0.25, 0.3) is 15.9 Å². The Morgan fingerprint density at radius 2 is 2.06 bits per heavy atom. The van der Waals surface area contributed by atoms with Crippen LogP contribution in [0.3, 0.4) is 0 Å². The quantitative estimate of drug-likeness (QED) is 0.380. The summed E-state index contributed by atoms with van der Waals surface area (Å²) >= 11 is 0.778. The van der Waals surface area contributed by atoms with Crippen molar-refractivity contribution < 1.29 is 26.0 Å². The third-order valence-electron chi connectivity index (χ3n) is 6.07. The fourth-order valence-corrected chi connectivity index (χ4v) is 6.14. The minimum Gasteiger partial charge on any atom is -0.408 e. The molecular formula is C22H20F3N5O4S2. The molecule has 1 atom stereocenters. The van der Waals surface area contributed by atoms with Gasteiger partial charge in [0.15, 0.2) is 5.58 Å². The normalized spacial score (nSPS) is 17.0. The Hall–Kier alpha value is -3.23. The molecule has 1 saturated heterocycles. The van der Waals surface area contributed by atoms with Crippen LogP contribution in [-0.2, 0) is 16.6 Å². The monoisotopic (exact) mass is 539 g/mol. The van der Waals surface area contributed by atoms with Crippen molar-refractivity contribution in [1.82, 2.24) is 18.8 Å². The van der Waals surface area contributed by atoms with E-state index in [1.54, 1.807) is 36.1 Å². The molecule has 0 aliphatic carbocycles. The SMILES string of the molecule is CC(c1ccccc1CN1CCC(F)(F)C1)n1c(=O)oc2cc(S(=O)(=O)Nc3ncns3)c(F)cc21. The molecule has 1 fully saturated rings. The second kappa shape index (κ2) is 9.01. The first kappa shape index (κ1) is 24.5. The minimum absolute atomic E-state index is 0.0467. The zero-order valence-electron chi connectivity index (χ0n) is 18.8. The minimum atomic E-state index is -4.37. The summed E-state index contributed by atoms with van der Waals surface area (Å²) in [6.45, 7) is 1.86. The maximum atomic E-state index is 15.0. The zero-order valence-corrected chi connectivity index (χ0v) is 20.5. The molecule has 9 nitrogen and oxygen atoms in total. The van der Waals surface area contributed by atoms with Crippen LogP contribution in [0.2, 0.25) is 0 Å². The summed E-state index contributed by atoms with van der Waals surface area (Å²) in [7, 11) is -4.37. The second-order valence-corrected chi connectivity index (χ2v) is 11.0. The number of halogens is 3. The Morgan fingerprint density at radius 3 is 2.75 bits per heavy atom. The second-order valence-electron chi connectivity index (χ2n) is 8.53. The lowest BCUT2D eigenvalue weighted by molar-refractivity contribution is 0.0115. The molecule has 1 unspecified atom stereocenters. The van der Waals surface area contributed by atoms with E-state index in [1.807, 2.05) is 0 Å². The lowest BCUT2D eigenvalue weighted by Crippen LogP contribution is -2.26. The Morgan fingerprint density at radius 1 is 1.28 bits per heavy atom. The van der Waals surface area contributed by atoms with Crippen LogP contribution in [0.1, 0.15) is 30.5 Å². The van der Waals surface area contributed by atoms with Crippen molar-refractivity contribution in [2.24, 2.45) is 0 Å². The summed E-state index contributed by atoms with van der Waals surface area (Å²) in [5, 5.41) is -0.0467. The number of nitrogens with one attached hydrogen (secondary N) is 1. The smallest absolute Gasteiger partial charge is 0.408 e. The molecule has 0 saturated carbocycles. The first-order chi connectivity index (χ1) is 17.0. The number of alkyl halides is 2. The van der Waals surface area contributed by atoms with E-state index >= 15 is 4.39 Å². The van der Waals surface area contributed by atoms with Gasteiger partial charge in [-0.25, -0.2) is 31.4 Å². The largest absolute Gasteiger partial charge is 0.420 e. The van der Waals surface area contributed by atoms with E-state index in [1.165, 1.54) is 4.57 Å². The Bertz CT molecular complexity index is 1580. The van der Waals surface area contributed by atoms with Gasteiger partial charge >= 0.3 is 5.76 Å². The van der Waals surface area contributed by atoms with Crippen molar-refractivity contribution in [3.05, 3.63) is 70.2 Å². The fraction of sp³-hybridized carbons (Fsp3) is 0.318. The molecule has 0 radical (unpaired) electrons. The van der Waals surface area contributed by atoms with E-state index in [0.29, 0.717) is 5.56 Å². The number of likely N-dealkylation sites (tertiary alicyclic amines) is 1. The van der Waals surface area contributed by atoms with E-state index in [-0.39, 0.29) is 42.3 Å². The number of oxazole rings is 1. The third kappa shape index (κ3) is 4.63. The summed E-state index contributed by atoms with van der Waals surface area (Å²) in [5.41, 5.74) is 1.35. The van der Waals surface area contributed by atoms with Crippen molar-refractivity contribution >= 4 is 37.8 Å². The van der Waals surface area contributed by atoms with Crippen molar-refractivity contribution in [2.75, 3.05) is 17.8 Å². The highest BCUT2D eigenvalue weighted by Crippen LogP contribution is 2.32. The van der Waals surface area contributed by atoms with Gasteiger partial charge in [-0.2, -0.15) is 4.37 Å². The van der Waals surface area contributed by atoms with E-state index < -0.39 is 38.5 Å². The molecule has 190 valence electrons. The molecule has 2 aromatic heterocycles. The Balaban J connectivity index is 1.51. The van der Waals surface area contributed by atoms with Crippen LogP contribution in [-0.4, -0.2) is 46.3 Å². The lowest BCUT2D eigenvalue weighted by Gasteiger charge is -2.21. The van der Waals surface area contributed by atoms with Crippen LogP contribution in [0.25, 0.3) is 11.1 Å². The first-order valence-electron chi connectivity index (χ1n) is 10.9. The molecule has 0 amide bonds. The molecular weight excluding hydrogens is 519 g/mol. The van der Waals surface area contributed by atoms with Gasteiger partial charge in [0.1, 0.15) is 17.0 Å². The zero-order chi connectivity index (χ0) is 25.7. The number of rotatable bonds is 7. The highest BCUT2D eigenvalue weighted by molar-refractivity contribution is 7.93. The van der Waals surface area contributed by atoms with E-state index in [4.69, 9.17) is 4.42 Å². The number of nitrogens with zero attached hydrogens (tertiary/aromatic N) is 4. The van der Waals surface area contributed by atoms with Crippen molar-refractivity contribution in [2.45, 2.75) is 36.7 Å². The van der Waals surface area contributed by atoms with Crippen molar-refractivity contribution in [1.29, 1.82) is 0 Å². The summed E-state index contributed by atoms with van der Waals surface area (Å²) in [6, 6.07) is 8.30. The highest BCUT2D eigenvalue weighted by atomic mass is 32.2. The average molecular weight is 540 g/mol. The maximum absolute atomic E-state index is 15.0. The van der Waals surface area contributed by atoms with Crippen LogP contribution in [0, 0.1) is 5.82 Å². The van der Waals surface area contributed by atoms with Crippen LogP contribution in [0.15, 0.2) is 56.8 Å². The number of benzene rings is 2. The number of fused-ring (bicyclic) bond motifs is 1. The molecule has 4 aromatic rings. The third-order valence-corrected chi connectivity index (χ3v) is 8.14. The molecule has 36 heavy (non-hydrogen) atoms. The fourth-order valence-electron chi connectivity index (χ4n) is 4.40. The number of hydrogen-bond acceptors (Lipinski definition) is 8. The van der Waals surface area contributed by atoms with Gasteiger partial charge in [0, 0.05) is 43.2 Å². The molecule has 2 aromatic carbocycles. The standard InChI is InChI=1S/C22H20F3N5O4S2/c1-13(15-5-3-2-4-14(15)10-29-7-6-22(24,25)11-29)30-17-8-16(23)19(9-18(17)34-21(30)31)36(32,33)28-20-26-12-27-35-20/h2-5,8-9,12-13H,6-7,10-11H2,1H3,(H,26,27,28). The van der Waals surface area contributed by atoms with Gasteiger partial charge in [-0.05, 0) is 18.1 Å². The van der Waals surface area contributed by atoms with Crippen molar-refractivity contribution in [3.8, 4) is 0 Å². The van der Waals surface area contributed by atoms with Gasteiger partial charge < -0.3 is 4.42 Å². The Kier molecular flexibility index (Phi) is 6.12. The van der Waals surface area contributed by atoms with E-state index in [9.17, 15) is 22.0 Å². The number of sulfonamides is 1. The van der Waals surface area contributed by atoms with Crippen LogP contribution < -0.4 is 10.5 Å². The predicted molar refractivity (Wildman–Crippen MR) is 126 cm³/mol. The molecule has 0 spiro atoms. The van der Waals surface area contributed by atoms with Gasteiger partial charge in [0.2, 0.25) is 5.13 Å². The maximum Gasteiger partial charge on any atom is 0.420 e. The average Bonchev–Trinajstić information content (AvgIpc) is 3.51. The highest BCUT2D eigenvalue weighted by Gasteiger charge is 2.38. The number of hydrogen-bond donors (Lipinski definition) is 1. The molecule has 1 aliphatic rings. The van der Waals surface area contributed by atoms with Crippen molar-refractivity contribution in [3.63, 3.8) is 0 Å². The lowest BCUT2D eigenvalue weighted by atomic mass is 10.0. The molecule has 3 heterocycles. The summed E-state index contributed by atoms with van der Waals surface area (Å²) < 4.78 is 80.0. The van der Waals surface area contributed by atoms with E-state index in [2.05, 4.69) is 14.1 Å². The summed E-state index contributed by atoms with van der Waals surface area (Å²) in [6.07, 6.45) is 0.935. The summed E-state index contributed by atoms with van der Waals surface area (Å²) in [4.78, 5) is 17.5. The molecule has 14 heteroatoms. The molecule has 1 aliphatic heterocycles. The van der Waals surface area contributed by atoms with Gasteiger partial charge in [-0.15, -0.1) is 0 Å². The molecule has 5 rings (SSSR count). The van der Waals surface area contributed by atoms with Gasteiger partial charge in [-0.3, -0.25) is 14.2 Å². The predicted octanol–water partition coefficient (Wildman–Crippen LogP) is 3.84. The first-order valence-corrected chi connectivity index (χ1v) is 13.1. The van der Waals surface area contributed by atoms with Gasteiger partial charge in [-0.1, -0.05) is 24.3 Å². The molecule has 0 bridgehead atoms. The van der Waals surface area contributed by atoms with Crippen LogP contribution in [0.5, 0.6) is 0 Å². The summed E-state index contributed by atoms with van der Waals surface area (Å²) in [5.74, 6) is -4.64. The molecule has 1 N–H and O–H groups in total. The topological polar surface area (TPSA) is 110 Å². The number of anilines is 1. The van der Waals surface area contributed by atoms with E-state index in [0.717, 1.165) is 35.6 Å². The van der Waals surface area contributed by atoms with Gasteiger partial charge in [0.05, 0.1) is 18.1 Å². The number of aromatic nitrogens is 3. The Labute approximate surface area is 207 Å². The van der Waals surface area contributed by atoms with Crippen LogP contribution in [0.4, 0.5) is 18.3 Å².